The van der Waals surface area contributed by atoms with Gasteiger partial charge in [-0.05, 0) is 81.8 Å². The summed E-state index contributed by atoms with van der Waals surface area (Å²) in [6, 6.07) is 2.19. The van der Waals surface area contributed by atoms with Gasteiger partial charge in [-0.15, -0.1) is 11.3 Å². The molecule has 1 heterocycles. The lowest BCUT2D eigenvalue weighted by Crippen LogP contribution is -2.46. The van der Waals surface area contributed by atoms with E-state index in [0.717, 1.165) is 75.5 Å². The summed E-state index contributed by atoms with van der Waals surface area (Å²) in [5.41, 5.74) is 1.95. The first-order valence-electron chi connectivity index (χ1n) is 12.4. The molecule has 1 aromatic rings. The van der Waals surface area contributed by atoms with E-state index in [0.29, 0.717) is 16.5 Å². The highest BCUT2D eigenvalue weighted by Gasteiger charge is 2.36. The fraction of sp³-hybridized carbons (Fsp3) is 0.692. The topological polar surface area (TPSA) is 57.6 Å². The van der Waals surface area contributed by atoms with Crippen LogP contribution in [0.1, 0.15) is 111 Å². The fourth-order valence-electron chi connectivity index (χ4n) is 5.65. The van der Waals surface area contributed by atoms with Crippen LogP contribution in [0.4, 0.5) is 5.69 Å². The summed E-state index contributed by atoms with van der Waals surface area (Å²) in [5.74, 6) is 0.0174. The lowest BCUT2D eigenvalue weighted by atomic mass is 9.81. The van der Waals surface area contributed by atoms with Crippen molar-refractivity contribution in [3.05, 3.63) is 21.9 Å². The van der Waals surface area contributed by atoms with Crippen LogP contribution in [-0.2, 0) is 4.79 Å². The number of carboxylic acid groups (broad SMARTS) is 1. The van der Waals surface area contributed by atoms with Crippen LogP contribution >= 0.6 is 11.3 Å². The number of carbonyl (C=O) groups excluding carboxylic acids is 1. The Balaban J connectivity index is 1.70. The SMILES string of the molecule is C[C@H]1CC[C@H](C(=O)N(c2cc(C3=CCCCCC3)sc2C(=O)O)C2CCCCC2)CC1. The molecular weight excluding hydrogens is 406 g/mol. The van der Waals surface area contributed by atoms with Gasteiger partial charge in [0.25, 0.3) is 0 Å². The normalized spacial score (nSPS) is 25.5. The van der Waals surface area contributed by atoms with Crippen LogP contribution in [0.15, 0.2) is 12.1 Å². The molecule has 1 N–H and O–H groups in total. The van der Waals surface area contributed by atoms with Crippen LogP contribution in [0.2, 0.25) is 0 Å². The van der Waals surface area contributed by atoms with Gasteiger partial charge >= 0.3 is 5.97 Å². The van der Waals surface area contributed by atoms with Crippen LogP contribution in [0.5, 0.6) is 0 Å². The lowest BCUT2D eigenvalue weighted by Gasteiger charge is -2.38. The summed E-state index contributed by atoms with van der Waals surface area (Å²) in [5, 5.41) is 10.1. The highest BCUT2D eigenvalue weighted by atomic mass is 32.1. The Hall–Kier alpha value is -1.62. The van der Waals surface area contributed by atoms with E-state index < -0.39 is 5.97 Å². The van der Waals surface area contributed by atoms with E-state index in [2.05, 4.69) is 13.0 Å². The second-order valence-electron chi connectivity index (χ2n) is 9.92. The van der Waals surface area contributed by atoms with Crippen molar-refractivity contribution >= 4 is 34.5 Å². The predicted octanol–water partition coefficient (Wildman–Crippen LogP) is 7.29. The highest BCUT2D eigenvalue weighted by Crippen LogP contribution is 2.41. The van der Waals surface area contributed by atoms with Gasteiger partial charge in [-0.2, -0.15) is 0 Å². The van der Waals surface area contributed by atoms with E-state index in [9.17, 15) is 14.7 Å². The van der Waals surface area contributed by atoms with Crippen molar-refractivity contribution < 1.29 is 14.7 Å². The maximum atomic E-state index is 13.8. The number of thiophene rings is 1. The number of hydrogen-bond acceptors (Lipinski definition) is 3. The molecule has 1 amide bonds. The van der Waals surface area contributed by atoms with Gasteiger partial charge in [0.15, 0.2) is 0 Å². The van der Waals surface area contributed by atoms with Gasteiger partial charge in [-0.25, -0.2) is 4.79 Å². The molecule has 1 aromatic heterocycles. The molecular formula is C26H37NO3S. The zero-order valence-corrected chi connectivity index (χ0v) is 19.7. The Bertz CT molecular complexity index is 813. The van der Waals surface area contributed by atoms with E-state index >= 15 is 0 Å². The molecule has 0 radical (unpaired) electrons. The first kappa shape index (κ1) is 22.6. The maximum absolute atomic E-state index is 13.8. The monoisotopic (exact) mass is 443 g/mol. The number of nitrogens with zero attached hydrogens (tertiary/aromatic N) is 1. The van der Waals surface area contributed by atoms with Crippen LogP contribution < -0.4 is 4.90 Å². The first-order chi connectivity index (χ1) is 15.0. The third-order valence-electron chi connectivity index (χ3n) is 7.57. The third-order valence-corrected chi connectivity index (χ3v) is 8.75. The fourth-order valence-corrected chi connectivity index (χ4v) is 6.70. The van der Waals surface area contributed by atoms with Crippen molar-refractivity contribution in [1.82, 2.24) is 0 Å². The number of allylic oxidation sites excluding steroid dienone is 2. The highest BCUT2D eigenvalue weighted by molar-refractivity contribution is 7.15. The zero-order chi connectivity index (χ0) is 21.8. The number of rotatable bonds is 5. The van der Waals surface area contributed by atoms with Crippen molar-refractivity contribution in [2.45, 2.75) is 103 Å². The average molecular weight is 444 g/mol. The predicted molar refractivity (Wildman–Crippen MR) is 128 cm³/mol. The van der Waals surface area contributed by atoms with Crippen LogP contribution in [-0.4, -0.2) is 23.0 Å². The molecule has 0 bridgehead atoms. The average Bonchev–Trinajstić information content (AvgIpc) is 3.02. The van der Waals surface area contributed by atoms with Crippen molar-refractivity contribution in [2.75, 3.05) is 4.90 Å². The number of amides is 1. The van der Waals surface area contributed by atoms with E-state index in [4.69, 9.17) is 0 Å². The molecule has 5 heteroatoms. The van der Waals surface area contributed by atoms with Gasteiger partial charge in [0.05, 0.1) is 5.69 Å². The minimum Gasteiger partial charge on any atom is -0.477 e. The Kier molecular flexibility index (Phi) is 7.52. The van der Waals surface area contributed by atoms with Crippen LogP contribution in [0.25, 0.3) is 5.57 Å². The maximum Gasteiger partial charge on any atom is 0.348 e. The molecule has 170 valence electrons. The molecule has 3 aliphatic carbocycles. The number of carboxylic acids is 1. The summed E-state index contributed by atoms with van der Waals surface area (Å²) in [7, 11) is 0. The van der Waals surface area contributed by atoms with Crippen molar-refractivity contribution in [1.29, 1.82) is 0 Å². The number of anilines is 1. The van der Waals surface area contributed by atoms with E-state index in [1.54, 1.807) is 0 Å². The van der Waals surface area contributed by atoms with Crippen molar-refractivity contribution in [3.63, 3.8) is 0 Å². The van der Waals surface area contributed by atoms with Gasteiger partial charge in [-0.3, -0.25) is 4.79 Å². The van der Waals surface area contributed by atoms with Gasteiger partial charge in [0.2, 0.25) is 5.91 Å². The smallest absolute Gasteiger partial charge is 0.348 e. The molecule has 2 saturated carbocycles. The largest absolute Gasteiger partial charge is 0.477 e. The summed E-state index contributed by atoms with van der Waals surface area (Å²) in [6.07, 6.45) is 17.5. The molecule has 31 heavy (non-hydrogen) atoms. The second-order valence-corrected chi connectivity index (χ2v) is 11.0. The molecule has 3 aliphatic rings. The summed E-state index contributed by atoms with van der Waals surface area (Å²) < 4.78 is 0. The van der Waals surface area contributed by atoms with Gasteiger partial charge in [-0.1, -0.05) is 38.7 Å². The summed E-state index contributed by atoms with van der Waals surface area (Å²) >= 11 is 1.38. The van der Waals surface area contributed by atoms with Crippen molar-refractivity contribution in [3.8, 4) is 0 Å². The van der Waals surface area contributed by atoms with Gasteiger partial charge < -0.3 is 10.0 Å². The second kappa shape index (κ2) is 10.3. The molecule has 0 spiro atoms. The minimum atomic E-state index is -0.897. The van der Waals surface area contributed by atoms with Crippen molar-refractivity contribution in [2.24, 2.45) is 11.8 Å². The zero-order valence-electron chi connectivity index (χ0n) is 18.9. The first-order valence-corrected chi connectivity index (χ1v) is 13.3. The molecule has 0 saturated heterocycles. The molecule has 4 nitrogen and oxygen atoms in total. The molecule has 2 fully saturated rings. The summed E-state index contributed by atoms with van der Waals surface area (Å²) in [6.45, 7) is 2.27. The van der Waals surface area contributed by atoms with Gasteiger partial charge in [0, 0.05) is 16.8 Å². The van der Waals surface area contributed by atoms with Gasteiger partial charge in [0.1, 0.15) is 4.88 Å². The van der Waals surface area contributed by atoms with E-state index in [-0.39, 0.29) is 17.9 Å². The minimum absolute atomic E-state index is 0.0419. The molecule has 0 aromatic carbocycles. The lowest BCUT2D eigenvalue weighted by molar-refractivity contribution is -0.124. The molecule has 0 aliphatic heterocycles. The molecule has 4 rings (SSSR count). The summed E-state index contributed by atoms with van der Waals surface area (Å²) in [4.78, 5) is 29.5. The Morgan fingerprint density at radius 1 is 0.968 bits per heavy atom. The van der Waals surface area contributed by atoms with E-state index in [1.807, 2.05) is 11.0 Å². The molecule has 0 unspecified atom stereocenters. The van der Waals surface area contributed by atoms with E-state index in [1.165, 1.54) is 36.2 Å². The number of aromatic carboxylic acids is 1. The third kappa shape index (κ3) is 5.24. The standard InChI is InChI=1S/C26H37NO3S/c1-18-13-15-20(16-14-18)25(28)27(21-11-7-4-8-12-21)22-17-23(31-24(22)26(29)30)19-9-5-2-3-6-10-19/h9,17-18,20-21H,2-8,10-16H2,1H3,(H,29,30)/t18-,20-. The Morgan fingerprint density at radius 2 is 1.68 bits per heavy atom. The number of hydrogen-bond donors (Lipinski definition) is 1. The van der Waals surface area contributed by atoms with Crippen LogP contribution in [0, 0.1) is 11.8 Å². The quantitative estimate of drug-likeness (QED) is 0.520. The molecule has 0 atom stereocenters. The van der Waals surface area contributed by atoms with Crippen LogP contribution in [0.3, 0.4) is 0 Å². The Labute approximate surface area is 190 Å². The Morgan fingerprint density at radius 3 is 2.39 bits per heavy atom. The number of carbonyl (C=O) groups is 2.